The van der Waals surface area contributed by atoms with Crippen LogP contribution in [-0.4, -0.2) is 44.5 Å². The molecule has 0 atom stereocenters. The first kappa shape index (κ1) is 21.7. The lowest BCUT2D eigenvalue weighted by Gasteiger charge is -2.13. The van der Waals surface area contributed by atoms with E-state index in [0.29, 0.717) is 36.0 Å². The van der Waals surface area contributed by atoms with Crippen molar-refractivity contribution < 1.29 is 14.3 Å². The first-order valence-corrected chi connectivity index (χ1v) is 10.7. The number of rotatable bonds is 9. The molecule has 1 heterocycles. The number of anilines is 2. The number of nitrogens with zero attached hydrogens (tertiary/aromatic N) is 1. The summed E-state index contributed by atoms with van der Waals surface area (Å²) in [6, 6.07) is 19.1. The summed E-state index contributed by atoms with van der Waals surface area (Å²) >= 11 is 1.69. The number of benzene rings is 2. The molecule has 30 heavy (non-hydrogen) atoms. The molecule has 0 aliphatic heterocycles. The molecule has 1 amide bonds. The van der Waals surface area contributed by atoms with Crippen molar-refractivity contribution in [3.05, 3.63) is 66.2 Å². The molecule has 3 aromatic rings. The molecule has 7 heteroatoms. The van der Waals surface area contributed by atoms with Crippen LogP contribution in [-0.2, 0) is 4.74 Å². The lowest BCUT2D eigenvalue weighted by atomic mass is 10.1. The van der Waals surface area contributed by atoms with Crippen LogP contribution in [0.25, 0.3) is 11.3 Å². The van der Waals surface area contributed by atoms with Crippen molar-refractivity contribution in [3.8, 4) is 17.0 Å². The Morgan fingerprint density at radius 1 is 1.07 bits per heavy atom. The molecule has 0 radical (unpaired) electrons. The molecule has 6 nitrogen and oxygen atoms in total. The van der Waals surface area contributed by atoms with Gasteiger partial charge in [-0.3, -0.25) is 4.79 Å². The standard InChI is InChI=1S/C23H25N3O3S/c1-28-14-13-24-22-20(23(27)25-17-5-4-6-18(15-17)29-2)11-12-21(26-22)16-7-9-19(30-3)10-8-16/h4-12,15H,13-14H2,1-3H3,(H,24,26)(H,25,27). The number of pyridine rings is 1. The quantitative estimate of drug-likeness (QED) is 0.381. The van der Waals surface area contributed by atoms with E-state index in [1.807, 2.05) is 42.7 Å². The number of carbonyl (C=O) groups is 1. The molecule has 3 rings (SSSR count). The fourth-order valence-electron chi connectivity index (χ4n) is 2.87. The average molecular weight is 424 g/mol. The summed E-state index contributed by atoms with van der Waals surface area (Å²) in [4.78, 5) is 18.8. The number of thioether (sulfide) groups is 1. The second-order valence-corrected chi connectivity index (χ2v) is 7.31. The summed E-state index contributed by atoms with van der Waals surface area (Å²) in [5, 5.41) is 6.12. The van der Waals surface area contributed by atoms with E-state index in [0.717, 1.165) is 11.3 Å². The minimum absolute atomic E-state index is 0.250. The number of hydrogen-bond acceptors (Lipinski definition) is 6. The van der Waals surface area contributed by atoms with Crippen molar-refractivity contribution in [2.24, 2.45) is 0 Å². The van der Waals surface area contributed by atoms with Gasteiger partial charge in [0.15, 0.2) is 0 Å². The Balaban J connectivity index is 1.88. The zero-order valence-electron chi connectivity index (χ0n) is 17.3. The molecule has 0 saturated carbocycles. The SMILES string of the molecule is COCCNc1nc(-c2ccc(SC)cc2)ccc1C(=O)Nc1cccc(OC)c1. The molecule has 0 fully saturated rings. The van der Waals surface area contributed by atoms with Crippen LogP contribution in [0.5, 0.6) is 5.75 Å². The monoisotopic (exact) mass is 423 g/mol. The Hall–Kier alpha value is -3.03. The van der Waals surface area contributed by atoms with Crippen molar-refractivity contribution in [3.63, 3.8) is 0 Å². The minimum atomic E-state index is -0.250. The predicted octanol–water partition coefficient (Wildman–Crippen LogP) is 4.79. The summed E-state index contributed by atoms with van der Waals surface area (Å²) in [5.41, 5.74) is 2.89. The fraction of sp³-hybridized carbons (Fsp3) is 0.217. The molecule has 2 aromatic carbocycles. The lowest BCUT2D eigenvalue weighted by Crippen LogP contribution is -2.18. The van der Waals surface area contributed by atoms with E-state index in [1.165, 1.54) is 4.90 Å². The van der Waals surface area contributed by atoms with Crippen LogP contribution >= 0.6 is 11.8 Å². The number of aromatic nitrogens is 1. The highest BCUT2D eigenvalue weighted by Gasteiger charge is 2.15. The van der Waals surface area contributed by atoms with Crippen LogP contribution in [0.2, 0.25) is 0 Å². The minimum Gasteiger partial charge on any atom is -0.497 e. The van der Waals surface area contributed by atoms with Gasteiger partial charge in [-0.25, -0.2) is 4.98 Å². The van der Waals surface area contributed by atoms with Gasteiger partial charge in [-0.05, 0) is 42.7 Å². The first-order chi connectivity index (χ1) is 14.6. The number of hydrogen-bond donors (Lipinski definition) is 2. The third-order valence-electron chi connectivity index (χ3n) is 4.45. The van der Waals surface area contributed by atoms with Crippen LogP contribution < -0.4 is 15.4 Å². The Kier molecular flexibility index (Phi) is 7.70. The second-order valence-electron chi connectivity index (χ2n) is 6.43. The van der Waals surface area contributed by atoms with Gasteiger partial charge in [0.1, 0.15) is 11.6 Å². The predicted molar refractivity (Wildman–Crippen MR) is 123 cm³/mol. The molecule has 0 bridgehead atoms. The molecule has 0 aliphatic carbocycles. The Morgan fingerprint density at radius 2 is 1.87 bits per heavy atom. The first-order valence-electron chi connectivity index (χ1n) is 9.48. The molecule has 1 aromatic heterocycles. The molecule has 0 spiro atoms. The van der Waals surface area contributed by atoms with E-state index in [-0.39, 0.29) is 5.91 Å². The zero-order chi connectivity index (χ0) is 21.3. The van der Waals surface area contributed by atoms with E-state index in [9.17, 15) is 4.79 Å². The molecule has 2 N–H and O–H groups in total. The van der Waals surface area contributed by atoms with Crippen LogP contribution in [0.1, 0.15) is 10.4 Å². The van der Waals surface area contributed by atoms with Gasteiger partial charge in [0.2, 0.25) is 0 Å². The highest BCUT2D eigenvalue weighted by Crippen LogP contribution is 2.25. The van der Waals surface area contributed by atoms with Crippen molar-refractivity contribution in [2.45, 2.75) is 4.90 Å². The van der Waals surface area contributed by atoms with Crippen LogP contribution in [0.4, 0.5) is 11.5 Å². The van der Waals surface area contributed by atoms with Crippen molar-refractivity contribution in [1.82, 2.24) is 4.98 Å². The Labute approximate surface area is 181 Å². The molecular formula is C23H25N3O3S. The van der Waals surface area contributed by atoms with Crippen LogP contribution in [0.3, 0.4) is 0 Å². The van der Waals surface area contributed by atoms with E-state index in [4.69, 9.17) is 14.5 Å². The van der Waals surface area contributed by atoms with Gasteiger partial charge in [-0.1, -0.05) is 18.2 Å². The van der Waals surface area contributed by atoms with E-state index in [2.05, 4.69) is 22.8 Å². The van der Waals surface area contributed by atoms with Gasteiger partial charge >= 0.3 is 0 Å². The van der Waals surface area contributed by atoms with Crippen molar-refractivity contribution in [2.75, 3.05) is 44.3 Å². The highest BCUT2D eigenvalue weighted by atomic mass is 32.2. The summed E-state index contributed by atoms with van der Waals surface area (Å²) in [7, 11) is 3.22. The lowest BCUT2D eigenvalue weighted by molar-refractivity contribution is 0.102. The van der Waals surface area contributed by atoms with Crippen LogP contribution in [0.15, 0.2) is 65.6 Å². The second kappa shape index (κ2) is 10.7. The van der Waals surface area contributed by atoms with Gasteiger partial charge in [0.05, 0.1) is 25.0 Å². The maximum atomic E-state index is 12.9. The molecular weight excluding hydrogens is 398 g/mol. The van der Waals surface area contributed by atoms with Gasteiger partial charge in [0.25, 0.3) is 5.91 Å². The molecule has 0 unspecified atom stereocenters. The maximum absolute atomic E-state index is 12.9. The fourth-order valence-corrected chi connectivity index (χ4v) is 3.28. The Bertz CT molecular complexity index is 993. The molecule has 0 saturated heterocycles. The summed E-state index contributed by atoms with van der Waals surface area (Å²) < 4.78 is 10.3. The van der Waals surface area contributed by atoms with Crippen LogP contribution in [0, 0.1) is 0 Å². The van der Waals surface area contributed by atoms with E-state index >= 15 is 0 Å². The Morgan fingerprint density at radius 3 is 2.57 bits per heavy atom. The van der Waals surface area contributed by atoms with Crippen molar-refractivity contribution in [1.29, 1.82) is 0 Å². The number of ether oxygens (including phenoxy) is 2. The summed E-state index contributed by atoms with van der Waals surface area (Å²) in [5.74, 6) is 0.937. The topological polar surface area (TPSA) is 72.5 Å². The molecule has 0 aliphatic rings. The van der Waals surface area contributed by atoms with Gasteiger partial charge in [0, 0.05) is 35.9 Å². The smallest absolute Gasteiger partial charge is 0.259 e. The van der Waals surface area contributed by atoms with E-state index < -0.39 is 0 Å². The summed E-state index contributed by atoms with van der Waals surface area (Å²) in [6.45, 7) is 1.04. The molecule has 156 valence electrons. The number of carbonyl (C=O) groups excluding carboxylic acids is 1. The van der Waals surface area contributed by atoms with E-state index in [1.54, 1.807) is 38.1 Å². The van der Waals surface area contributed by atoms with Gasteiger partial charge < -0.3 is 20.1 Å². The largest absolute Gasteiger partial charge is 0.497 e. The number of methoxy groups -OCH3 is 2. The summed E-state index contributed by atoms with van der Waals surface area (Å²) in [6.07, 6.45) is 2.04. The average Bonchev–Trinajstić information content (AvgIpc) is 2.79. The van der Waals surface area contributed by atoms with Crippen molar-refractivity contribution >= 4 is 29.2 Å². The third-order valence-corrected chi connectivity index (χ3v) is 5.20. The van der Waals surface area contributed by atoms with Gasteiger partial charge in [-0.15, -0.1) is 11.8 Å². The number of nitrogens with one attached hydrogen (secondary N) is 2. The third kappa shape index (κ3) is 5.52. The maximum Gasteiger partial charge on any atom is 0.259 e. The zero-order valence-corrected chi connectivity index (χ0v) is 18.1. The highest BCUT2D eigenvalue weighted by molar-refractivity contribution is 7.98. The normalized spacial score (nSPS) is 10.5. The number of amides is 1. The van der Waals surface area contributed by atoms with Gasteiger partial charge in [-0.2, -0.15) is 0 Å².